The van der Waals surface area contributed by atoms with Crippen molar-refractivity contribution >= 4 is 23.7 Å². The number of hydrogen-bond acceptors (Lipinski definition) is 5. The Hall–Kier alpha value is -2.70. The van der Waals surface area contributed by atoms with Crippen molar-refractivity contribution in [1.82, 2.24) is 4.90 Å². The van der Waals surface area contributed by atoms with Crippen molar-refractivity contribution in [3.05, 3.63) is 35.9 Å². The number of nitrogens with zero attached hydrogens (tertiary/aromatic N) is 2. The van der Waals surface area contributed by atoms with Gasteiger partial charge in [-0.25, -0.2) is 9.59 Å². The Bertz CT molecular complexity index is 677. The number of rotatable bonds is 7. The average molecular weight is 376 g/mol. The van der Waals surface area contributed by atoms with Gasteiger partial charge in [-0.15, -0.1) is 0 Å². The second-order valence-electron chi connectivity index (χ2n) is 7.08. The summed E-state index contributed by atoms with van der Waals surface area (Å²) in [5, 5.41) is 0. The molecule has 0 fully saturated rings. The molecule has 7 nitrogen and oxygen atoms in total. The maximum Gasteiger partial charge on any atom is 0.434 e. The van der Waals surface area contributed by atoms with E-state index in [-0.39, 0.29) is 24.5 Å². The molecule has 0 saturated carbocycles. The Balaban J connectivity index is 2.61. The molecular formula is C20H28N2O5. The zero-order valence-electron chi connectivity index (χ0n) is 16.7. The predicted octanol–water partition coefficient (Wildman–Crippen LogP) is 3.02. The molecule has 0 heterocycles. The first kappa shape index (κ1) is 22.3. The van der Waals surface area contributed by atoms with Crippen LogP contribution in [0.25, 0.3) is 0 Å². The Labute approximate surface area is 160 Å². The fraction of sp³-hybridized carbons (Fsp3) is 0.500. The third-order valence-corrected chi connectivity index (χ3v) is 3.62. The van der Waals surface area contributed by atoms with Crippen molar-refractivity contribution in [3.63, 3.8) is 0 Å². The third-order valence-electron chi connectivity index (χ3n) is 3.62. The molecule has 1 rings (SSSR count). The first-order valence-electron chi connectivity index (χ1n) is 8.79. The van der Waals surface area contributed by atoms with E-state index in [1.54, 1.807) is 32.7 Å². The molecule has 0 aliphatic carbocycles. The Kier molecular flexibility index (Phi) is 8.65. The van der Waals surface area contributed by atoms with Gasteiger partial charge in [0.05, 0.1) is 7.11 Å². The molecule has 0 atom stereocenters. The van der Waals surface area contributed by atoms with E-state index in [9.17, 15) is 14.4 Å². The minimum Gasteiger partial charge on any atom is -0.465 e. The van der Waals surface area contributed by atoms with Crippen molar-refractivity contribution in [3.8, 4) is 0 Å². The van der Waals surface area contributed by atoms with Gasteiger partial charge in [-0.1, -0.05) is 30.3 Å². The summed E-state index contributed by atoms with van der Waals surface area (Å²) in [7, 11) is 2.90. The molecule has 27 heavy (non-hydrogen) atoms. The maximum absolute atomic E-state index is 12.3. The third kappa shape index (κ3) is 8.99. The fourth-order valence-corrected chi connectivity index (χ4v) is 2.20. The van der Waals surface area contributed by atoms with E-state index in [1.807, 2.05) is 30.3 Å². The molecule has 0 unspecified atom stereocenters. The smallest absolute Gasteiger partial charge is 0.434 e. The molecule has 0 aromatic heterocycles. The van der Waals surface area contributed by atoms with Crippen LogP contribution in [-0.2, 0) is 25.5 Å². The Morgan fingerprint density at radius 2 is 1.70 bits per heavy atom. The van der Waals surface area contributed by atoms with Crippen LogP contribution in [-0.4, -0.2) is 54.9 Å². The monoisotopic (exact) mass is 376 g/mol. The zero-order chi connectivity index (χ0) is 20.4. The summed E-state index contributed by atoms with van der Waals surface area (Å²) in [6.45, 7) is 5.65. The summed E-state index contributed by atoms with van der Waals surface area (Å²) in [6.07, 6.45) is -0.103. The highest BCUT2D eigenvalue weighted by Gasteiger charge is 2.21. The molecule has 0 N–H and O–H groups in total. The number of carbonyl (C=O) groups excluding carboxylic acids is 3. The lowest BCUT2D eigenvalue weighted by atomic mass is 10.1. The van der Waals surface area contributed by atoms with Crippen molar-refractivity contribution in [2.24, 2.45) is 4.99 Å². The van der Waals surface area contributed by atoms with Crippen LogP contribution in [0.2, 0.25) is 0 Å². The first-order chi connectivity index (χ1) is 12.6. The van der Waals surface area contributed by atoms with E-state index in [1.165, 1.54) is 7.11 Å². The van der Waals surface area contributed by atoms with Crippen molar-refractivity contribution in [1.29, 1.82) is 0 Å². The normalized spacial score (nSPS) is 11.7. The summed E-state index contributed by atoms with van der Waals surface area (Å²) in [4.78, 5) is 41.2. The van der Waals surface area contributed by atoms with Crippen LogP contribution in [0.1, 0.15) is 39.2 Å². The van der Waals surface area contributed by atoms with Gasteiger partial charge in [0, 0.05) is 26.4 Å². The van der Waals surface area contributed by atoms with Gasteiger partial charge in [0.15, 0.2) is 0 Å². The van der Waals surface area contributed by atoms with Gasteiger partial charge in [-0.3, -0.25) is 4.79 Å². The molecule has 2 amide bonds. The molecule has 148 valence electrons. The number of ether oxygens (including phenoxy) is 2. The summed E-state index contributed by atoms with van der Waals surface area (Å²) >= 11 is 0. The first-order valence-corrected chi connectivity index (χ1v) is 8.79. The van der Waals surface area contributed by atoms with E-state index in [0.717, 1.165) is 12.0 Å². The van der Waals surface area contributed by atoms with Crippen molar-refractivity contribution < 1.29 is 23.9 Å². The largest absolute Gasteiger partial charge is 0.465 e. The quantitative estimate of drug-likeness (QED) is 0.539. The number of methoxy groups -OCH3 is 1. The standard InChI is InChI=1S/C20H28N2O5/c1-20(2,3)27-19(25)21-16(18(24)26-5)11-12-17(23)22(4)14-13-15-9-7-6-8-10-15/h6-10H,11-14H2,1-5H3/b21-16+. The van der Waals surface area contributed by atoms with E-state index in [0.29, 0.717) is 6.54 Å². The number of hydrogen-bond donors (Lipinski definition) is 0. The SMILES string of the molecule is COC(=O)/C(CCC(=O)N(C)CCc1ccccc1)=N/C(=O)OC(C)(C)C. The molecular weight excluding hydrogens is 348 g/mol. The highest BCUT2D eigenvalue weighted by atomic mass is 16.6. The van der Waals surface area contributed by atoms with E-state index in [4.69, 9.17) is 4.74 Å². The molecule has 0 bridgehead atoms. The molecule has 0 saturated heterocycles. The molecule has 0 aliphatic heterocycles. The fourth-order valence-electron chi connectivity index (χ4n) is 2.20. The van der Waals surface area contributed by atoms with E-state index >= 15 is 0 Å². The summed E-state index contributed by atoms with van der Waals surface area (Å²) in [5.74, 6) is -0.896. The predicted molar refractivity (Wildman–Crippen MR) is 103 cm³/mol. The lowest BCUT2D eigenvalue weighted by Crippen LogP contribution is -2.30. The van der Waals surface area contributed by atoms with Crippen LogP contribution in [0.3, 0.4) is 0 Å². The maximum atomic E-state index is 12.3. The van der Waals surface area contributed by atoms with Crippen LogP contribution in [0.15, 0.2) is 35.3 Å². The molecule has 1 aromatic carbocycles. The van der Waals surface area contributed by atoms with E-state index < -0.39 is 17.7 Å². The number of aliphatic imine (C=N–C) groups is 1. The van der Waals surface area contributed by atoms with Crippen LogP contribution in [0, 0.1) is 0 Å². The molecule has 0 radical (unpaired) electrons. The number of carbonyl (C=O) groups is 3. The van der Waals surface area contributed by atoms with Gasteiger partial charge >= 0.3 is 12.1 Å². The zero-order valence-corrected chi connectivity index (χ0v) is 16.7. The number of amides is 2. The van der Waals surface area contributed by atoms with Gasteiger partial charge in [0.2, 0.25) is 5.91 Å². The van der Waals surface area contributed by atoms with Crippen LogP contribution < -0.4 is 0 Å². The van der Waals surface area contributed by atoms with Crippen molar-refractivity contribution in [2.75, 3.05) is 20.7 Å². The molecule has 0 aliphatic rings. The average Bonchev–Trinajstić information content (AvgIpc) is 2.61. The lowest BCUT2D eigenvalue weighted by molar-refractivity contribution is -0.132. The minimum atomic E-state index is -0.882. The topological polar surface area (TPSA) is 85.3 Å². The number of likely N-dealkylation sites (N-methyl/N-ethyl adjacent to an activating group) is 1. The van der Waals surface area contributed by atoms with Gasteiger partial charge in [-0.2, -0.15) is 4.99 Å². The summed E-state index contributed by atoms with van der Waals surface area (Å²) < 4.78 is 9.71. The Morgan fingerprint density at radius 1 is 1.07 bits per heavy atom. The van der Waals surface area contributed by atoms with E-state index in [2.05, 4.69) is 9.73 Å². The van der Waals surface area contributed by atoms with Crippen molar-refractivity contribution in [2.45, 2.75) is 45.6 Å². The number of benzene rings is 1. The summed E-state index contributed by atoms with van der Waals surface area (Å²) in [5.41, 5.74) is 0.283. The second-order valence-corrected chi connectivity index (χ2v) is 7.08. The minimum absolute atomic E-state index is 0.000423. The van der Waals surface area contributed by atoms with Gasteiger partial charge < -0.3 is 14.4 Å². The summed E-state index contributed by atoms with van der Waals surface area (Å²) in [6, 6.07) is 9.85. The molecule has 7 heteroatoms. The molecule has 1 aromatic rings. The number of esters is 1. The Morgan fingerprint density at radius 3 is 2.26 bits per heavy atom. The lowest BCUT2D eigenvalue weighted by Gasteiger charge is -2.18. The van der Waals surface area contributed by atoms with Crippen LogP contribution in [0.5, 0.6) is 0 Å². The highest BCUT2D eigenvalue weighted by molar-refractivity contribution is 6.38. The van der Waals surface area contributed by atoms with Crippen LogP contribution >= 0.6 is 0 Å². The van der Waals surface area contributed by atoms with Gasteiger partial charge in [0.1, 0.15) is 11.3 Å². The van der Waals surface area contributed by atoms with Crippen LogP contribution in [0.4, 0.5) is 4.79 Å². The molecule has 0 spiro atoms. The highest BCUT2D eigenvalue weighted by Crippen LogP contribution is 2.09. The second kappa shape index (κ2) is 10.4. The van der Waals surface area contributed by atoms with Gasteiger partial charge in [0.25, 0.3) is 0 Å². The van der Waals surface area contributed by atoms with Gasteiger partial charge in [-0.05, 0) is 32.8 Å².